The monoisotopic (exact) mass is 372 g/mol. The van der Waals surface area contributed by atoms with Crippen molar-refractivity contribution in [2.75, 3.05) is 38.2 Å². The van der Waals surface area contributed by atoms with Gasteiger partial charge in [-0.2, -0.15) is 0 Å². The van der Waals surface area contributed by atoms with Crippen LogP contribution < -0.4 is 4.90 Å². The minimum absolute atomic E-state index is 0.0820. The van der Waals surface area contributed by atoms with Crippen LogP contribution in [-0.4, -0.2) is 60.2 Å². The predicted octanol–water partition coefficient (Wildman–Crippen LogP) is 3.20. The van der Waals surface area contributed by atoms with Crippen molar-refractivity contribution in [2.24, 2.45) is 5.41 Å². The van der Waals surface area contributed by atoms with E-state index in [-0.39, 0.29) is 17.4 Å². The lowest BCUT2D eigenvalue weighted by atomic mass is 9.76. The zero-order valence-corrected chi connectivity index (χ0v) is 16.7. The maximum atomic E-state index is 13.2. The topological polar surface area (TPSA) is 58.6 Å². The average molecular weight is 373 g/mol. The number of amides is 1. The molecule has 0 unspecified atom stereocenters. The van der Waals surface area contributed by atoms with E-state index in [0.717, 1.165) is 50.7 Å². The molecule has 6 heteroatoms. The number of hydrogen-bond donors (Lipinski definition) is 0. The third kappa shape index (κ3) is 3.56. The minimum atomic E-state index is 0.0820. The Hall–Kier alpha value is -1.69. The molecule has 1 amide bonds. The predicted molar refractivity (Wildman–Crippen MR) is 105 cm³/mol. The summed E-state index contributed by atoms with van der Waals surface area (Å²) in [5.41, 5.74) is 1.59. The van der Waals surface area contributed by atoms with Gasteiger partial charge in [-0.15, -0.1) is 0 Å². The van der Waals surface area contributed by atoms with Crippen molar-refractivity contribution in [1.29, 1.82) is 0 Å². The number of aromatic nitrogens is 2. The van der Waals surface area contributed by atoms with E-state index in [0.29, 0.717) is 5.56 Å². The number of piperidine rings is 2. The molecule has 0 aromatic carbocycles. The van der Waals surface area contributed by atoms with E-state index in [9.17, 15) is 4.79 Å². The van der Waals surface area contributed by atoms with Gasteiger partial charge >= 0.3 is 0 Å². The van der Waals surface area contributed by atoms with Crippen LogP contribution in [0.5, 0.6) is 0 Å². The van der Waals surface area contributed by atoms with Crippen LogP contribution in [0, 0.1) is 12.3 Å². The van der Waals surface area contributed by atoms with Crippen LogP contribution in [0.2, 0.25) is 0 Å². The fourth-order valence-corrected chi connectivity index (χ4v) is 5.36. The van der Waals surface area contributed by atoms with Crippen molar-refractivity contribution < 1.29 is 9.53 Å². The van der Waals surface area contributed by atoms with E-state index in [1.165, 1.54) is 38.5 Å². The number of hydrogen-bond acceptors (Lipinski definition) is 5. The van der Waals surface area contributed by atoms with E-state index in [2.05, 4.69) is 14.9 Å². The van der Waals surface area contributed by atoms with E-state index in [1.807, 2.05) is 18.9 Å². The van der Waals surface area contributed by atoms with Gasteiger partial charge in [-0.1, -0.05) is 6.42 Å². The Morgan fingerprint density at radius 2 is 1.93 bits per heavy atom. The summed E-state index contributed by atoms with van der Waals surface area (Å²) in [4.78, 5) is 26.7. The summed E-state index contributed by atoms with van der Waals surface area (Å²) in [5, 5.41) is 0. The summed E-state index contributed by atoms with van der Waals surface area (Å²) >= 11 is 0. The third-order valence-electron chi connectivity index (χ3n) is 6.84. The molecule has 0 radical (unpaired) electrons. The summed E-state index contributed by atoms with van der Waals surface area (Å²) < 4.78 is 5.78. The molecule has 3 fully saturated rings. The van der Waals surface area contributed by atoms with Gasteiger partial charge in [0, 0.05) is 44.9 Å². The largest absolute Gasteiger partial charge is 0.381 e. The van der Waals surface area contributed by atoms with Crippen LogP contribution in [-0.2, 0) is 4.74 Å². The van der Waals surface area contributed by atoms with Crippen LogP contribution in [0.25, 0.3) is 0 Å². The molecule has 3 heterocycles. The van der Waals surface area contributed by atoms with Crippen molar-refractivity contribution in [3.63, 3.8) is 0 Å². The quantitative estimate of drug-likeness (QED) is 0.815. The molecule has 0 N–H and O–H groups in total. The molecule has 4 rings (SSSR count). The fourth-order valence-electron chi connectivity index (χ4n) is 5.36. The molecule has 1 saturated carbocycles. The van der Waals surface area contributed by atoms with Crippen LogP contribution >= 0.6 is 0 Å². The van der Waals surface area contributed by atoms with Gasteiger partial charge in [0.1, 0.15) is 0 Å². The highest BCUT2D eigenvalue weighted by Crippen LogP contribution is 2.46. The second-order valence-electron chi connectivity index (χ2n) is 8.53. The van der Waals surface area contributed by atoms with Gasteiger partial charge in [-0.05, 0) is 51.9 Å². The lowest BCUT2D eigenvalue weighted by Crippen LogP contribution is -2.50. The van der Waals surface area contributed by atoms with Crippen LogP contribution in [0.4, 0.5) is 5.95 Å². The molecule has 6 nitrogen and oxygen atoms in total. The standard InChI is InChI=1S/C21H32N4O2/c1-16-17(14-22-20(23-16)24-11-4-3-5-12-24)19(26)25-13-7-10-21(15-25)9-6-8-18(21)27-2/h14,18H,3-13,15H2,1-2H3/t18-,21+/m1/s1. The number of methoxy groups -OCH3 is 1. The molecule has 1 aliphatic carbocycles. The number of anilines is 1. The summed E-state index contributed by atoms with van der Waals surface area (Å²) in [6, 6.07) is 0. The van der Waals surface area contributed by atoms with Gasteiger partial charge in [-0.25, -0.2) is 9.97 Å². The van der Waals surface area contributed by atoms with Gasteiger partial charge in [-0.3, -0.25) is 4.79 Å². The summed E-state index contributed by atoms with van der Waals surface area (Å²) in [7, 11) is 1.82. The number of likely N-dealkylation sites (tertiary alicyclic amines) is 1. The molecule has 2 saturated heterocycles. The summed E-state index contributed by atoms with van der Waals surface area (Å²) in [5.74, 6) is 0.854. The van der Waals surface area contributed by atoms with Crippen molar-refractivity contribution in [3.8, 4) is 0 Å². The Kier molecular flexibility index (Phi) is 5.35. The van der Waals surface area contributed by atoms with Crippen LogP contribution in [0.3, 0.4) is 0 Å². The molecule has 0 bridgehead atoms. The van der Waals surface area contributed by atoms with Crippen LogP contribution in [0.15, 0.2) is 6.20 Å². The molecule has 1 spiro atoms. The number of rotatable bonds is 3. The Morgan fingerprint density at radius 3 is 2.67 bits per heavy atom. The second kappa shape index (κ2) is 7.74. The Balaban J connectivity index is 1.50. The number of ether oxygens (including phenoxy) is 1. The number of carbonyl (C=O) groups is 1. The number of nitrogens with zero attached hydrogens (tertiary/aromatic N) is 4. The Bertz CT molecular complexity index is 689. The first-order chi connectivity index (χ1) is 13.1. The van der Waals surface area contributed by atoms with E-state index < -0.39 is 0 Å². The second-order valence-corrected chi connectivity index (χ2v) is 8.53. The van der Waals surface area contributed by atoms with E-state index >= 15 is 0 Å². The smallest absolute Gasteiger partial charge is 0.257 e. The van der Waals surface area contributed by atoms with Crippen molar-refractivity contribution in [2.45, 2.75) is 64.4 Å². The maximum absolute atomic E-state index is 13.2. The molecular formula is C21H32N4O2. The first-order valence-electron chi connectivity index (χ1n) is 10.5. The summed E-state index contributed by atoms with van der Waals surface area (Å²) in [6.07, 6.45) is 11.4. The van der Waals surface area contributed by atoms with Crippen molar-refractivity contribution in [1.82, 2.24) is 14.9 Å². The fraction of sp³-hybridized carbons (Fsp3) is 0.762. The first-order valence-corrected chi connectivity index (χ1v) is 10.5. The van der Waals surface area contributed by atoms with Gasteiger partial charge in [0.05, 0.1) is 17.4 Å². The maximum Gasteiger partial charge on any atom is 0.257 e. The van der Waals surface area contributed by atoms with Gasteiger partial charge < -0.3 is 14.5 Å². The molecule has 2 aliphatic heterocycles. The number of aryl methyl sites for hydroxylation is 1. The molecule has 2 atom stereocenters. The molecule has 148 valence electrons. The van der Waals surface area contributed by atoms with Gasteiger partial charge in [0.15, 0.2) is 0 Å². The third-order valence-corrected chi connectivity index (χ3v) is 6.84. The Morgan fingerprint density at radius 1 is 1.15 bits per heavy atom. The molecule has 27 heavy (non-hydrogen) atoms. The van der Waals surface area contributed by atoms with Crippen LogP contribution in [0.1, 0.15) is 67.4 Å². The number of carbonyl (C=O) groups excluding carboxylic acids is 1. The molecule has 1 aromatic rings. The van der Waals surface area contributed by atoms with Crippen molar-refractivity contribution in [3.05, 3.63) is 17.5 Å². The molecule has 3 aliphatic rings. The zero-order valence-electron chi connectivity index (χ0n) is 16.7. The highest BCUT2D eigenvalue weighted by atomic mass is 16.5. The normalized spacial score (nSPS) is 28.7. The Labute approximate surface area is 162 Å². The highest BCUT2D eigenvalue weighted by Gasteiger charge is 2.46. The molecular weight excluding hydrogens is 340 g/mol. The van der Waals surface area contributed by atoms with Gasteiger partial charge in [0.2, 0.25) is 5.95 Å². The highest BCUT2D eigenvalue weighted by molar-refractivity contribution is 5.95. The minimum Gasteiger partial charge on any atom is -0.381 e. The van der Waals surface area contributed by atoms with E-state index in [4.69, 9.17) is 4.74 Å². The van der Waals surface area contributed by atoms with E-state index in [1.54, 1.807) is 6.20 Å². The zero-order chi connectivity index (χ0) is 18.9. The summed E-state index contributed by atoms with van der Waals surface area (Å²) in [6.45, 7) is 5.59. The molecule has 1 aromatic heterocycles. The van der Waals surface area contributed by atoms with Crippen molar-refractivity contribution >= 4 is 11.9 Å². The first kappa shape index (κ1) is 18.7. The lowest BCUT2D eigenvalue weighted by molar-refractivity contribution is -0.0295. The SMILES string of the molecule is CO[C@@H]1CCC[C@@]12CCCN(C(=O)c1cnc(N3CCCCC3)nc1C)C2. The lowest BCUT2D eigenvalue weighted by Gasteiger charge is -2.43. The average Bonchev–Trinajstić information content (AvgIpc) is 3.09. The van der Waals surface area contributed by atoms with Gasteiger partial charge in [0.25, 0.3) is 5.91 Å².